The van der Waals surface area contributed by atoms with Crippen molar-refractivity contribution in [3.05, 3.63) is 27.5 Å². The Morgan fingerprint density at radius 1 is 1.46 bits per heavy atom. The number of nitrogens with zero attached hydrogens (tertiary/aromatic N) is 1. The molecule has 0 atom stereocenters. The molecule has 0 bridgehead atoms. The molecular weight excluding hydrogens is 248 g/mol. The highest BCUT2D eigenvalue weighted by Gasteiger charge is 2.09. The van der Waals surface area contributed by atoms with Crippen LogP contribution in [0.15, 0.2) is 22.0 Å². The predicted molar refractivity (Wildman–Crippen MR) is 58.7 cm³/mol. The maximum Gasteiger partial charge on any atom is 0.101 e. The number of rotatable bonds is 0. The number of nitrogens with two attached hydrogens (primary N) is 1. The molecule has 1 heterocycles. The maximum absolute atomic E-state index is 8.84. The zero-order valence-corrected chi connectivity index (χ0v) is 8.95. The minimum absolute atomic E-state index is 0.680. The SMILES string of the molecule is N#Cc1cccc2c(N)c(Br)sc12. The first-order chi connectivity index (χ1) is 6.24. The lowest BCUT2D eigenvalue weighted by molar-refractivity contribution is 1.51. The number of thiophene rings is 1. The molecule has 0 radical (unpaired) electrons. The Bertz CT molecular complexity index is 510. The summed E-state index contributed by atoms with van der Waals surface area (Å²) in [5, 5.41) is 9.79. The average Bonchev–Trinajstić information content (AvgIpc) is 2.43. The summed E-state index contributed by atoms with van der Waals surface area (Å²) in [4.78, 5) is 0. The number of hydrogen-bond acceptors (Lipinski definition) is 3. The van der Waals surface area contributed by atoms with E-state index in [9.17, 15) is 0 Å². The van der Waals surface area contributed by atoms with Gasteiger partial charge in [-0.3, -0.25) is 0 Å². The third-order valence-electron chi connectivity index (χ3n) is 1.83. The highest BCUT2D eigenvalue weighted by atomic mass is 79.9. The summed E-state index contributed by atoms with van der Waals surface area (Å²) in [7, 11) is 0. The van der Waals surface area contributed by atoms with Gasteiger partial charge >= 0.3 is 0 Å². The van der Waals surface area contributed by atoms with Crippen LogP contribution in [0, 0.1) is 11.3 Å². The number of halogens is 1. The van der Waals surface area contributed by atoms with Gasteiger partial charge in [-0.1, -0.05) is 12.1 Å². The number of nitriles is 1. The summed E-state index contributed by atoms with van der Waals surface area (Å²) < 4.78 is 1.85. The highest BCUT2D eigenvalue weighted by Crippen LogP contribution is 2.38. The number of anilines is 1. The first-order valence-corrected chi connectivity index (χ1v) is 5.21. The van der Waals surface area contributed by atoms with Gasteiger partial charge in [0.05, 0.1) is 19.7 Å². The van der Waals surface area contributed by atoms with Crippen LogP contribution in [0.3, 0.4) is 0 Å². The number of nitrogen functional groups attached to an aromatic ring is 1. The van der Waals surface area contributed by atoms with E-state index in [1.165, 1.54) is 11.3 Å². The highest BCUT2D eigenvalue weighted by molar-refractivity contribution is 9.11. The summed E-state index contributed by atoms with van der Waals surface area (Å²) in [6.45, 7) is 0. The van der Waals surface area contributed by atoms with Gasteiger partial charge in [-0.2, -0.15) is 5.26 Å². The van der Waals surface area contributed by atoms with E-state index < -0.39 is 0 Å². The van der Waals surface area contributed by atoms with Gasteiger partial charge in [0, 0.05) is 5.39 Å². The van der Waals surface area contributed by atoms with Crippen LogP contribution in [0.25, 0.3) is 10.1 Å². The third kappa shape index (κ3) is 1.21. The van der Waals surface area contributed by atoms with Crippen LogP contribution in [0.1, 0.15) is 5.56 Å². The lowest BCUT2D eigenvalue weighted by Gasteiger charge is -1.91. The van der Waals surface area contributed by atoms with Crippen LogP contribution in [0.4, 0.5) is 5.69 Å². The Hall–Kier alpha value is -1.05. The van der Waals surface area contributed by atoms with Gasteiger partial charge in [0.25, 0.3) is 0 Å². The van der Waals surface area contributed by atoms with E-state index in [0.29, 0.717) is 5.56 Å². The summed E-state index contributed by atoms with van der Waals surface area (Å²) in [5.74, 6) is 0. The molecule has 0 amide bonds. The molecule has 0 unspecified atom stereocenters. The molecule has 0 spiro atoms. The van der Waals surface area contributed by atoms with E-state index in [1.807, 2.05) is 12.1 Å². The molecule has 0 aliphatic carbocycles. The van der Waals surface area contributed by atoms with Crippen LogP contribution < -0.4 is 5.73 Å². The maximum atomic E-state index is 8.84. The predicted octanol–water partition coefficient (Wildman–Crippen LogP) is 3.12. The number of hydrogen-bond donors (Lipinski definition) is 1. The Kier molecular flexibility index (Phi) is 1.98. The van der Waals surface area contributed by atoms with Crippen molar-refractivity contribution in [2.24, 2.45) is 0 Å². The molecule has 13 heavy (non-hydrogen) atoms. The molecule has 0 saturated heterocycles. The van der Waals surface area contributed by atoms with Crippen molar-refractivity contribution in [3.63, 3.8) is 0 Å². The molecule has 0 aliphatic rings. The molecule has 2 rings (SSSR count). The Morgan fingerprint density at radius 3 is 2.92 bits per heavy atom. The second kappa shape index (κ2) is 3.02. The molecular formula is C9H5BrN2S. The zero-order valence-electron chi connectivity index (χ0n) is 6.54. The van der Waals surface area contributed by atoms with Crippen LogP contribution in [-0.2, 0) is 0 Å². The monoisotopic (exact) mass is 252 g/mol. The molecule has 2 nitrogen and oxygen atoms in total. The van der Waals surface area contributed by atoms with Gasteiger partial charge in [-0.25, -0.2) is 0 Å². The summed E-state index contributed by atoms with van der Waals surface area (Å²) in [5.41, 5.74) is 7.22. The van der Waals surface area contributed by atoms with Crippen molar-refractivity contribution in [3.8, 4) is 6.07 Å². The van der Waals surface area contributed by atoms with Crippen molar-refractivity contribution in [2.75, 3.05) is 5.73 Å². The molecule has 64 valence electrons. The smallest absolute Gasteiger partial charge is 0.101 e. The van der Waals surface area contributed by atoms with Gasteiger partial charge in [-0.05, 0) is 22.0 Å². The van der Waals surface area contributed by atoms with E-state index >= 15 is 0 Å². The van der Waals surface area contributed by atoms with Crippen molar-refractivity contribution in [1.82, 2.24) is 0 Å². The summed E-state index contributed by atoms with van der Waals surface area (Å²) in [6.07, 6.45) is 0. The molecule has 1 aromatic heterocycles. The van der Waals surface area contributed by atoms with Crippen LogP contribution in [0.2, 0.25) is 0 Å². The van der Waals surface area contributed by atoms with E-state index in [0.717, 1.165) is 19.6 Å². The minimum Gasteiger partial charge on any atom is -0.397 e. The van der Waals surface area contributed by atoms with E-state index in [2.05, 4.69) is 22.0 Å². The fourth-order valence-corrected chi connectivity index (χ4v) is 2.81. The summed E-state index contributed by atoms with van der Waals surface area (Å²) in [6, 6.07) is 7.71. The quantitative estimate of drug-likeness (QED) is 0.784. The number of fused-ring (bicyclic) bond motifs is 1. The van der Waals surface area contributed by atoms with Crippen molar-refractivity contribution >= 4 is 43.0 Å². The van der Waals surface area contributed by atoms with Crippen LogP contribution in [-0.4, -0.2) is 0 Å². The fourth-order valence-electron chi connectivity index (χ4n) is 1.20. The van der Waals surface area contributed by atoms with Crippen LogP contribution >= 0.6 is 27.3 Å². The van der Waals surface area contributed by atoms with E-state index in [4.69, 9.17) is 11.0 Å². The minimum atomic E-state index is 0.680. The molecule has 2 aromatic rings. The second-order valence-corrected chi connectivity index (χ2v) is 4.92. The lowest BCUT2D eigenvalue weighted by Crippen LogP contribution is -1.82. The zero-order chi connectivity index (χ0) is 9.42. The van der Waals surface area contributed by atoms with Gasteiger partial charge in [0.1, 0.15) is 6.07 Å². The first kappa shape index (κ1) is 8.54. The Morgan fingerprint density at radius 2 is 2.23 bits per heavy atom. The second-order valence-electron chi connectivity index (χ2n) is 2.58. The normalized spacial score (nSPS) is 10.2. The van der Waals surface area contributed by atoms with Crippen molar-refractivity contribution < 1.29 is 0 Å². The van der Waals surface area contributed by atoms with Crippen LogP contribution in [0.5, 0.6) is 0 Å². The number of benzene rings is 1. The largest absolute Gasteiger partial charge is 0.397 e. The standard InChI is InChI=1S/C9H5BrN2S/c10-9-7(12)6-3-1-2-5(4-11)8(6)13-9/h1-3H,12H2. The summed E-state index contributed by atoms with van der Waals surface area (Å²) >= 11 is 4.86. The van der Waals surface area contributed by atoms with Gasteiger partial charge in [0.15, 0.2) is 0 Å². The topological polar surface area (TPSA) is 49.8 Å². The molecule has 0 fully saturated rings. The van der Waals surface area contributed by atoms with E-state index in [1.54, 1.807) is 6.07 Å². The Balaban J connectivity index is 2.95. The average molecular weight is 253 g/mol. The molecule has 4 heteroatoms. The van der Waals surface area contributed by atoms with Gasteiger partial charge in [-0.15, -0.1) is 11.3 Å². The third-order valence-corrected chi connectivity index (χ3v) is 3.78. The molecule has 2 N–H and O–H groups in total. The molecule has 0 saturated carbocycles. The van der Waals surface area contributed by atoms with Gasteiger partial charge in [0.2, 0.25) is 0 Å². The van der Waals surface area contributed by atoms with Crippen molar-refractivity contribution in [2.45, 2.75) is 0 Å². The molecule has 0 aliphatic heterocycles. The van der Waals surface area contributed by atoms with E-state index in [-0.39, 0.29) is 0 Å². The van der Waals surface area contributed by atoms with Gasteiger partial charge < -0.3 is 5.73 Å². The lowest BCUT2D eigenvalue weighted by atomic mass is 10.2. The van der Waals surface area contributed by atoms with Crippen molar-refractivity contribution in [1.29, 1.82) is 5.26 Å². The first-order valence-electron chi connectivity index (χ1n) is 3.60. The fraction of sp³-hybridized carbons (Fsp3) is 0. The molecule has 1 aromatic carbocycles. The Labute approximate surface area is 87.7 Å².